The number of aryl methyl sites for hydroxylation is 1. The molecule has 5 nitrogen and oxygen atoms in total. The summed E-state index contributed by atoms with van der Waals surface area (Å²) in [4.78, 5) is 31.9. The molecule has 0 spiro atoms. The Morgan fingerprint density at radius 2 is 1.60 bits per heavy atom. The number of fused-ring (bicyclic) bond motifs is 1. The highest BCUT2D eigenvalue weighted by molar-refractivity contribution is 7.10. The van der Waals surface area contributed by atoms with Crippen molar-refractivity contribution in [3.63, 3.8) is 0 Å². The molecule has 0 unspecified atom stereocenters. The Labute approximate surface area is 210 Å². The van der Waals surface area contributed by atoms with Crippen LogP contribution in [-0.2, 0) is 22.6 Å². The molecule has 0 fully saturated rings. The zero-order chi connectivity index (χ0) is 24.6. The molecule has 4 rings (SSSR count). The van der Waals surface area contributed by atoms with E-state index in [2.05, 4.69) is 13.0 Å². The normalized spacial score (nSPS) is 10.9. The van der Waals surface area contributed by atoms with Crippen LogP contribution < -0.4 is 0 Å². The van der Waals surface area contributed by atoms with Gasteiger partial charge in [-0.1, -0.05) is 66.7 Å². The van der Waals surface area contributed by atoms with Gasteiger partial charge in [0.25, 0.3) is 5.91 Å². The van der Waals surface area contributed by atoms with Crippen LogP contribution in [0.1, 0.15) is 26.4 Å². The van der Waals surface area contributed by atoms with E-state index in [4.69, 9.17) is 4.74 Å². The van der Waals surface area contributed by atoms with Crippen LogP contribution in [0.3, 0.4) is 0 Å². The van der Waals surface area contributed by atoms with Crippen molar-refractivity contribution in [2.24, 2.45) is 0 Å². The van der Waals surface area contributed by atoms with Crippen molar-refractivity contribution in [1.82, 2.24) is 9.80 Å². The number of ether oxygens (including phenoxy) is 1. The molecule has 0 saturated heterocycles. The largest absolute Gasteiger partial charge is 0.383 e. The number of hydrogen-bond donors (Lipinski definition) is 0. The molecule has 0 saturated carbocycles. The summed E-state index contributed by atoms with van der Waals surface area (Å²) < 4.78 is 5.27. The monoisotopic (exact) mass is 486 g/mol. The van der Waals surface area contributed by atoms with E-state index in [-0.39, 0.29) is 18.4 Å². The molecule has 0 atom stereocenters. The average Bonchev–Trinajstić information content (AvgIpc) is 3.30. The summed E-state index contributed by atoms with van der Waals surface area (Å²) >= 11 is 1.65. The molecule has 0 bridgehead atoms. The van der Waals surface area contributed by atoms with E-state index in [1.54, 1.807) is 23.3 Å². The third kappa shape index (κ3) is 6.15. The fraction of sp³-hybridized carbons (Fsp3) is 0.241. The lowest BCUT2D eigenvalue weighted by Gasteiger charge is -2.28. The highest BCUT2D eigenvalue weighted by atomic mass is 32.1. The molecule has 0 radical (unpaired) electrons. The Bertz CT molecular complexity index is 1280. The van der Waals surface area contributed by atoms with Crippen LogP contribution in [0.5, 0.6) is 0 Å². The predicted molar refractivity (Wildman–Crippen MR) is 141 cm³/mol. The first-order chi connectivity index (χ1) is 17.1. The second kappa shape index (κ2) is 11.8. The Hall–Kier alpha value is -3.48. The summed E-state index contributed by atoms with van der Waals surface area (Å²) in [6, 6.07) is 25.5. The van der Waals surface area contributed by atoms with E-state index in [9.17, 15) is 9.59 Å². The Balaban J connectivity index is 1.60. The van der Waals surface area contributed by atoms with Crippen LogP contribution in [0.15, 0.2) is 84.2 Å². The molecule has 180 valence electrons. The topological polar surface area (TPSA) is 49.9 Å². The van der Waals surface area contributed by atoms with E-state index in [0.717, 1.165) is 21.2 Å². The van der Waals surface area contributed by atoms with E-state index in [1.165, 1.54) is 5.56 Å². The van der Waals surface area contributed by atoms with Crippen LogP contribution in [0.2, 0.25) is 0 Å². The van der Waals surface area contributed by atoms with Crippen LogP contribution >= 0.6 is 11.3 Å². The van der Waals surface area contributed by atoms with Crippen LogP contribution in [0.25, 0.3) is 10.8 Å². The van der Waals surface area contributed by atoms with Gasteiger partial charge in [-0.05, 0) is 46.3 Å². The van der Waals surface area contributed by atoms with Crippen molar-refractivity contribution in [1.29, 1.82) is 0 Å². The van der Waals surface area contributed by atoms with Crippen LogP contribution in [0.4, 0.5) is 0 Å². The smallest absolute Gasteiger partial charge is 0.255 e. The minimum Gasteiger partial charge on any atom is -0.383 e. The zero-order valence-corrected chi connectivity index (χ0v) is 21.0. The second-order valence-corrected chi connectivity index (χ2v) is 9.51. The summed E-state index contributed by atoms with van der Waals surface area (Å²) in [5, 5.41) is 3.92. The quantitative estimate of drug-likeness (QED) is 0.296. The number of amides is 2. The molecule has 3 aromatic carbocycles. The van der Waals surface area contributed by atoms with Gasteiger partial charge in [0.05, 0.1) is 13.2 Å². The molecule has 2 amide bonds. The number of hydrogen-bond acceptors (Lipinski definition) is 4. The average molecular weight is 487 g/mol. The molecule has 0 aliphatic heterocycles. The van der Waals surface area contributed by atoms with E-state index >= 15 is 0 Å². The Morgan fingerprint density at radius 1 is 0.857 bits per heavy atom. The number of rotatable bonds is 10. The first-order valence-electron chi connectivity index (χ1n) is 11.7. The van der Waals surface area contributed by atoms with Gasteiger partial charge in [0.2, 0.25) is 5.91 Å². The molecule has 1 heterocycles. The molecule has 35 heavy (non-hydrogen) atoms. The van der Waals surface area contributed by atoms with Gasteiger partial charge in [-0.2, -0.15) is 0 Å². The van der Waals surface area contributed by atoms with E-state index in [0.29, 0.717) is 31.8 Å². The summed E-state index contributed by atoms with van der Waals surface area (Å²) in [5.41, 5.74) is 2.82. The molecular weight excluding hydrogens is 456 g/mol. The van der Waals surface area contributed by atoms with Crippen molar-refractivity contribution < 1.29 is 14.3 Å². The molecular formula is C29H30N2O3S. The summed E-state index contributed by atoms with van der Waals surface area (Å²) in [6.45, 7) is 3.73. The molecule has 0 aliphatic carbocycles. The van der Waals surface area contributed by atoms with E-state index < -0.39 is 0 Å². The fourth-order valence-corrected chi connectivity index (χ4v) is 5.00. The third-order valence-electron chi connectivity index (χ3n) is 6.07. The first-order valence-corrected chi connectivity index (χ1v) is 12.6. The maximum absolute atomic E-state index is 13.7. The third-order valence-corrected chi connectivity index (χ3v) is 7.08. The van der Waals surface area contributed by atoms with Gasteiger partial charge >= 0.3 is 0 Å². The van der Waals surface area contributed by atoms with Gasteiger partial charge in [0.15, 0.2) is 0 Å². The fourth-order valence-electron chi connectivity index (χ4n) is 4.07. The van der Waals surface area contributed by atoms with Crippen molar-refractivity contribution in [3.8, 4) is 0 Å². The second-order valence-electron chi connectivity index (χ2n) is 8.51. The van der Waals surface area contributed by atoms with Crippen molar-refractivity contribution >= 4 is 33.9 Å². The minimum atomic E-state index is -0.167. The molecule has 1 aromatic heterocycles. The van der Waals surface area contributed by atoms with Gasteiger partial charge in [-0.25, -0.2) is 0 Å². The molecule has 6 heteroatoms. The molecule has 0 aliphatic rings. The van der Waals surface area contributed by atoms with Gasteiger partial charge < -0.3 is 14.5 Å². The lowest BCUT2D eigenvalue weighted by atomic mass is 10.0. The summed E-state index contributed by atoms with van der Waals surface area (Å²) in [7, 11) is 1.60. The van der Waals surface area contributed by atoms with Gasteiger partial charge in [0.1, 0.15) is 6.54 Å². The lowest BCUT2D eigenvalue weighted by molar-refractivity contribution is -0.133. The van der Waals surface area contributed by atoms with Gasteiger partial charge in [-0.3, -0.25) is 9.59 Å². The SMILES string of the molecule is COCCN(CC(=O)N(Cc1ccccc1)Cc1sccc1C)C(=O)c1cccc2ccccc12. The lowest BCUT2D eigenvalue weighted by Crippen LogP contribution is -2.43. The van der Waals surface area contributed by atoms with Crippen molar-refractivity contribution in [2.45, 2.75) is 20.0 Å². The van der Waals surface area contributed by atoms with Gasteiger partial charge in [0, 0.05) is 30.6 Å². The number of nitrogens with zero attached hydrogens (tertiary/aromatic N) is 2. The Morgan fingerprint density at radius 3 is 2.34 bits per heavy atom. The number of carbonyl (C=O) groups excluding carboxylic acids is 2. The highest BCUT2D eigenvalue weighted by Crippen LogP contribution is 2.22. The summed E-state index contributed by atoms with van der Waals surface area (Å²) in [5.74, 6) is -0.259. The number of methoxy groups -OCH3 is 1. The number of carbonyl (C=O) groups is 2. The number of thiophene rings is 1. The standard InChI is InChI=1S/C29H30N2O3S/c1-22-15-18-35-27(22)20-31(19-23-9-4-3-5-10-23)28(32)21-30(16-17-34-2)29(33)26-14-8-12-24-11-6-7-13-25(24)26/h3-15,18H,16-17,19-21H2,1-2H3. The zero-order valence-electron chi connectivity index (χ0n) is 20.1. The molecule has 0 N–H and O–H groups in total. The highest BCUT2D eigenvalue weighted by Gasteiger charge is 2.24. The number of benzene rings is 3. The van der Waals surface area contributed by atoms with Crippen molar-refractivity contribution in [2.75, 3.05) is 26.8 Å². The maximum Gasteiger partial charge on any atom is 0.255 e. The molecule has 4 aromatic rings. The Kier molecular flexibility index (Phi) is 8.29. The predicted octanol–water partition coefficient (Wildman–Crippen LogP) is 5.53. The van der Waals surface area contributed by atoms with Crippen molar-refractivity contribution in [3.05, 3.63) is 106 Å². The van der Waals surface area contributed by atoms with Crippen LogP contribution in [0, 0.1) is 6.92 Å². The minimum absolute atomic E-state index is 0.0112. The van der Waals surface area contributed by atoms with Crippen LogP contribution in [-0.4, -0.2) is 48.4 Å². The van der Waals surface area contributed by atoms with E-state index in [1.807, 2.05) is 83.1 Å². The van der Waals surface area contributed by atoms with Gasteiger partial charge in [-0.15, -0.1) is 11.3 Å². The first kappa shape index (κ1) is 24.6. The maximum atomic E-state index is 13.7. The summed E-state index contributed by atoms with van der Waals surface area (Å²) in [6.07, 6.45) is 0.